The molecule has 1 aromatic heterocycles. The van der Waals surface area contributed by atoms with Crippen molar-refractivity contribution in [3.8, 4) is 11.4 Å². The van der Waals surface area contributed by atoms with Gasteiger partial charge in [0.05, 0.1) is 24.8 Å². The van der Waals surface area contributed by atoms with Crippen molar-refractivity contribution in [1.82, 2.24) is 25.6 Å². The van der Waals surface area contributed by atoms with Crippen LogP contribution in [-0.2, 0) is 4.79 Å². The lowest BCUT2D eigenvalue weighted by molar-refractivity contribution is -0.118. The molecule has 0 atom stereocenters. The molecule has 26 heavy (non-hydrogen) atoms. The number of ether oxygens (including phenoxy) is 1. The van der Waals surface area contributed by atoms with Gasteiger partial charge in [0.2, 0.25) is 5.16 Å². The number of hydrogen-bond donors (Lipinski definition) is 1. The van der Waals surface area contributed by atoms with Crippen LogP contribution in [-0.4, -0.2) is 45.2 Å². The van der Waals surface area contributed by atoms with Gasteiger partial charge < -0.3 is 4.74 Å². The van der Waals surface area contributed by atoms with Crippen LogP contribution in [0.25, 0.3) is 5.69 Å². The third-order valence-corrected chi connectivity index (χ3v) is 4.19. The summed E-state index contributed by atoms with van der Waals surface area (Å²) in [4.78, 5) is 12.0. The van der Waals surface area contributed by atoms with Gasteiger partial charge in [-0.2, -0.15) is 9.78 Å². The second-order valence-electron chi connectivity index (χ2n) is 5.07. The number of nitrogens with zero attached hydrogens (tertiary/aromatic N) is 5. The minimum Gasteiger partial charge on any atom is -0.497 e. The predicted octanol–water partition coefficient (Wildman–Crippen LogP) is 1.91. The van der Waals surface area contributed by atoms with Crippen molar-refractivity contribution in [3.63, 3.8) is 0 Å². The maximum atomic E-state index is 12.0. The summed E-state index contributed by atoms with van der Waals surface area (Å²) in [6.45, 7) is 0. The molecule has 0 bridgehead atoms. The Morgan fingerprint density at radius 3 is 2.92 bits per heavy atom. The third-order valence-electron chi connectivity index (χ3n) is 3.27. The Bertz CT molecular complexity index is 897. The second-order valence-corrected chi connectivity index (χ2v) is 6.01. The summed E-state index contributed by atoms with van der Waals surface area (Å²) < 4.78 is 6.72. The molecule has 9 heteroatoms. The molecule has 1 amide bonds. The number of aromatic nitrogens is 4. The first-order valence-electron chi connectivity index (χ1n) is 7.69. The van der Waals surface area contributed by atoms with E-state index in [1.54, 1.807) is 18.0 Å². The van der Waals surface area contributed by atoms with E-state index in [-0.39, 0.29) is 11.7 Å². The molecule has 0 radical (unpaired) electrons. The van der Waals surface area contributed by atoms with Crippen molar-refractivity contribution < 1.29 is 9.53 Å². The molecule has 0 aliphatic rings. The van der Waals surface area contributed by atoms with Crippen LogP contribution in [0.1, 0.15) is 5.56 Å². The molecule has 132 valence electrons. The minimum absolute atomic E-state index is 0.142. The molecule has 1 N–H and O–H groups in total. The number of amides is 1. The van der Waals surface area contributed by atoms with E-state index < -0.39 is 0 Å². The zero-order valence-corrected chi connectivity index (χ0v) is 14.8. The quantitative estimate of drug-likeness (QED) is 0.389. The van der Waals surface area contributed by atoms with Gasteiger partial charge in [0.25, 0.3) is 5.91 Å². The van der Waals surface area contributed by atoms with Crippen LogP contribution in [0, 0.1) is 0 Å². The van der Waals surface area contributed by atoms with Crippen LogP contribution >= 0.6 is 11.8 Å². The van der Waals surface area contributed by atoms with Crippen molar-refractivity contribution in [2.75, 3.05) is 12.9 Å². The number of hydrogen-bond acceptors (Lipinski definition) is 7. The zero-order valence-electron chi connectivity index (χ0n) is 13.9. The first-order valence-corrected chi connectivity index (χ1v) is 8.67. The molecule has 8 nitrogen and oxygen atoms in total. The number of thioether (sulfide) groups is 1. The van der Waals surface area contributed by atoms with Gasteiger partial charge in [-0.1, -0.05) is 42.1 Å². The summed E-state index contributed by atoms with van der Waals surface area (Å²) >= 11 is 1.23. The van der Waals surface area contributed by atoms with E-state index in [9.17, 15) is 4.79 Å². The first kappa shape index (κ1) is 17.6. The fraction of sp³-hybridized carbons (Fsp3) is 0.118. The zero-order chi connectivity index (χ0) is 18.2. The van der Waals surface area contributed by atoms with Gasteiger partial charge in [-0.05, 0) is 40.3 Å². The first-order chi connectivity index (χ1) is 12.8. The SMILES string of the molecule is COc1cccc(/C=N\NC(=O)CSc2nnnn2-c2ccccc2)c1. The molecule has 3 rings (SSSR count). The van der Waals surface area contributed by atoms with Crippen molar-refractivity contribution in [1.29, 1.82) is 0 Å². The standard InChI is InChI=1S/C17H16N6O2S/c1-25-15-9-5-6-13(10-15)11-18-19-16(24)12-26-17-20-21-22-23(17)14-7-3-2-4-8-14/h2-11H,12H2,1H3,(H,19,24)/b18-11-. The Morgan fingerprint density at radius 1 is 1.27 bits per heavy atom. The largest absolute Gasteiger partial charge is 0.497 e. The summed E-state index contributed by atoms with van der Waals surface area (Å²) in [5, 5.41) is 16.0. The normalized spacial score (nSPS) is 10.8. The van der Waals surface area contributed by atoms with E-state index in [1.165, 1.54) is 11.8 Å². The Morgan fingerprint density at radius 2 is 2.12 bits per heavy atom. The monoisotopic (exact) mass is 368 g/mol. The van der Waals surface area contributed by atoms with E-state index >= 15 is 0 Å². The fourth-order valence-electron chi connectivity index (χ4n) is 2.06. The average molecular weight is 368 g/mol. The molecule has 0 aliphatic heterocycles. The number of benzene rings is 2. The Hall–Kier alpha value is -3.20. The second kappa shape index (κ2) is 8.77. The molecule has 0 saturated heterocycles. The smallest absolute Gasteiger partial charge is 0.250 e. The molecule has 0 saturated carbocycles. The molecule has 0 unspecified atom stereocenters. The summed E-state index contributed by atoms with van der Waals surface area (Å²) in [6.07, 6.45) is 1.55. The maximum absolute atomic E-state index is 12.0. The van der Waals surface area contributed by atoms with Gasteiger partial charge in [-0.3, -0.25) is 4.79 Å². The van der Waals surface area contributed by atoms with Crippen molar-refractivity contribution in [3.05, 3.63) is 60.2 Å². The topological polar surface area (TPSA) is 94.3 Å². The number of nitrogens with one attached hydrogen (secondary N) is 1. The number of tetrazole rings is 1. The highest BCUT2D eigenvalue weighted by molar-refractivity contribution is 7.99. The van der Waals surface area contributed by atoms with Gasteiger partial charge in [-0.25, -0.2) is 5.43 Å². The molecule has 1 heterocycles. The molecule has 0 aliphatic carbocycles. The van der Waals surface area contributed by atoms with Crippen LogP contribution in [0.3, 0.4) is 0 Å². The van der Waals surface area contributed by atoms with Crippen LogP contribution < -0.4 is 10.2 Å². The summed E-state index contributed by atoms with van der Waals surface area (Å²) in [6, 6.07) is 16.8. The van der Waals surface area contributed by atoms with Crippen LogP contribution in [0.2, 0.25) is 0 Å². The van der Waals surface area contributed by atoms with Crippen molar-refractivity contribution in [2.24, 2.45) is 5.10 Å². The number of para-hydroxylation sites is 1. The summed E-state index contributed by atoms with van der Waals surface area (Å²) in [5.41, 5.74) is 4.14. The molecule has 0 spiro atoms. The van der Waals surface area contributed by atoms with Crippen molar-refractivity contribution >= 4 is 23.9 Å². The molecule has 0 fully saturated rings. The van der Waals surface area contributed by atoms with Gasteiger partial charge in [0.15, 0.2) is 0 Å². The fourth-order valence-corrected chi connectivity index (χ4v) is 2.75. The summed E-state index contributed by atoms with van der Waals surface area (Å²) in [7, 11) is 1.60. The predicted molar refractivity (Wildman–Crippen MR) is 98.6 cm³/mol. The number of carbonyl (C=O) groups is 1. The minimum atomic E-state index is -0.253. The van der Waals surface area contributed by atoms with Gasteiger partial charge >= 0.3 is 0 Å². The van der Waals surface area contributed by atoms with E-state index in [4.69, 9.17) is 4.74 Å². The molecule has 2 aromatic carbocycles. The Labute approximate surface area is 154 Å². The molecular formula is C17H16N6O2S. The highest BCUT2D eigenvalue weighted by Crippen LogP contribution is 2.17. The van der Waals surface area contributed by atoms with Gasteiger partial charge in [0.1, 0.15) is 5.75 Å². The van der Waals surface area contributed by atoms with E-state index in [2.05, 4.69) is 26.1 Å². The van der Waals surface area contributed by atoms with E-state index in [0.29, 0.717) is 5.16 Å². The lowest BCUT2D eigenvalue weighted by Gasteiger charge is -2.03. The number of methoxy groups -OCH3 is 1. The number of carbonyl (C=O) groups excluding carboxylic acids is 1. The highest BCUT2D eigenvalue weighted by atomic mass is 32.2. The molecule has 3 aromatic rings. The van der Waals surface area contributed by atoms with E-state index in [1.807, 2.05) is 54.6 Å². The lowest BCUT2D eigenvalue weighted by atomic mass is 10.2. The average Bonchev–Trinajstić information content (AvgIpc) is 3.16. The number of hydrazone groups is 1. The highest BCUT2D eigenvalue weighted by Gasteiger charge is 2.10. The van der Waals surface area contributed by atoms with Crippen LogP contribution in [0.4, 0.5) is 0 Å². The number of rotatable bonds is 7. The third kappa shape index (κ3) is 4.67. The van der Waals surface area contributed by atoms with Crippen LogP contribution in [0.5, 0.6) is 5.75 Å². The van der Waals surface area contributed by atoms with Gasteiger partial charge in [-0.15, -0.1) is 5.10 Å². The lowest BCUT2D eigenvalue weighted by Crippen LogP contribution is -2.20. The van der Waals surface area contributed by atoms with Gasteiger partial charge in [0, 0.05) is 0 Å². The Balaban J connectivity index is 1.53. The maximum Gasteiger partial charge on any atom is 0.250 e. The van der Waals surface area contributed by atoms with Crippen molar-refractivity contribution in [2.45, 2.75) is 5.16 Å². The van der Waals surface area contributed by atoms with Crippen LogP contribution in [0.15, 0.2) is 64.9 Å². The molecular weight excluding hydrogens is 352 g/mol. The Kier molecular flexibility index (Phi) is 5.94. The van der Waals surface area contributed by atoms with E-state index in [0.717, 1.165) is 17.0 Å². The summed E-state index contributed by atoms with van der Waals surface area (Å²) in [5.74, 6) is 0.614.